The quantitative estimate of drug-likeness (QED) is 0.786. The number of fused-ring (bicyclic) bond motifs is 1. The number of aromatic nitrogens is 2. The van der Waals surface area contributed by atoms with E-state index >= 15 is 0 Å². The summed E-state index contributed by atoms with van der Waals surface area (Å²) in [7, 11) is 3.47. The van der Waals surface area contributed by atoms with Gasteiger partial charge < -0.3 is 9.88 Å². The third-order valence-electron chi connectivity index (χ3n) is 3.25. The number of halogens is 1. The summed E-state index contributed by atoms with van der Waals surface area (Å²) in [5.41, 5.74) is 3.26. The summed E-state index contributed by atoms with van der Waals surface area (Å²) in [4.78, 5) is 21.3. The number of benzene rings is 2. The van der Waals surface area contributed by atoms with E-state index in [1.165, 1.54) is 0 Å². The normalized spacial score (nSPS) is 10.8. The largest absolute Gasteiger partial charge is 0.345 e. The minimum Gasteiger partial charge on any atom is -0.345 e. The van der Waals surface area contributed by atoms with E-state index < -0.39 is 0 Å². The Morgan fingerprint density at radius 3 is 2.52 bits per heavy atom. The van der Waals surface area contributed by atoms with Gasteiger partial charge in [0.25, 0.3) is 5.91 Å². The lowest BCUT2D eigenvalue weighted by molar-refractivity contribution is 0.0828. The average molecular weight is 300 g/mol. The molecule has 0 fully saturated rings. The zero-order chi connectivity index (χ0) is 15.0. The SMILES string of the molecule is CN(C)C(=O)c1ccc2nc(-c3ccc(Cl)cc3)[nH]c2c1. The number of aromatic amines is 1. The molecule has 0 spiro atoms. The van der Waals surface area contributed by atoms with Crippen LogP contribution in [0.25, 0.3) is 22.4 Å². The van der Waals surface area contributed by atoms with Gasteiger partial charge in [-0.1, -0.05) is 11.6 Å². The van der Waals surface area contributed by atoms with Gasteiger partial charge in [0.15, 0.2) is 0 Å². The van der Waals surface area contributed by atoms with E-state index in [-0.39, 0.29) is 5.91 Å². The number of hydrogen-bond acceptors (Lipinski definition) is 2. The van der Waals surface area contributed by atoms with Gasteiger partial charge in [-0.15, -0.1) is 0 Å². The first kappa shape index (κ1) is 13.6. The Bertz CT molecular complexity index is 806. The Morgan fingerprint density at radius 2 is 1.86 bits per heavy atom. The molecule has 3 aromatic rings. The molecule has 4 nitrogen and oxygen atoms in total. The van der Waals surface area contributed by atoms with Crippen molar-refractivity contribution < 1.29 is 4.79 Å². The van der Waals surface area contributed by atoms with E-state index in [9.17, 15) is 4.79 Å². The van der Waals surface area contributed by atoms with Crippen LogP contribution in [-0.4, -0.2) is 34.9 Å². The maximum atomic E-state index is 12.0. The van der Waals surface area contributed by atoms with E-state index in [1.807, 2.05) is 36.4 Å². The van der Waals surface area contributed by atoms with Crippen LogP contribution in [0.15, 0.2) is 42.5 Å². The molecule has 0 saturated carbocycles. The van der Waals surface area contributed by atoms with E-state index in [1.54, 1.807) is 25.1 Å². The molecule has 0 atom stereocenters. The lowest BCUT2D eigenvalue weighted by atomic mass is 10.2. The fourth-order valence-corrected chi connectivity index (χ4v) is 2.27. The molecule has 106 valence electrons. The van der Waals surface area contributed by atoms with Gasteiger partial charge in [0.1, 0.15) is 5.82 Å². The number of amides is 1. The molecule has 0 aliphatic carbocycles. The van der Waals surface area contributed by atoms with Crippen molar-refractivity contribution in [1.82, 2.24) is 14.9 Å². The average Bonchev–Trinajstić information content (AvgIpc) is 2.89. The first-order chi connectivity index (χ1) is 10.0. The van der Waals surface area contributed by atoms with E-state index in [0.29, 0.717) is 10.6 Å². The van der Waals surface area contributed by atoms with Gasteiger partial charge in [-0.25, -0.2) is 4.98 Å². The van der Waals surface area contributed by atoms with Gasteiger partial charge in [-0.3, -0.25) is 4.79 Å². The van der Waals surface area contributed by atoms with E-state index in [4.69, 9.17) is 11.6 Å². The third-order valence-corrected chi connectivity index (χ3v) is 3.50. The molecular weight excluding hydrogens is 286 g/mol. The van der Waals surface area contributed by atoms with Crippen LogP contribution in [0.1, 0.15) is 10.4 Å². The highest BCUT2D eigenvalue weighted by Gasteiger charge is 2.11. The predicted molar refractivity (Wildman–Crippen MR) is 84.6 cm³/mol. The number of carbonyl (C=O) groups excluding carboxylic acids is 1. The maximum absolute atomic E-state index is 12.0. The number of nitrogens with one attached hydrogen (secondary N) is 1. The summed E-state index contributed by atoms with van der Waals surface area (Å²) in [6, 6.07) is 12.9. The van der Waals surface area contributed by atoms with Gasteiger partial charge in [0.05, 0.1) is 11.0 Å². The first-order valence-electron chi connectivity index (χ1n) is 6.52. The minimum absolute atomic E-state index is 0.0282. The zero-order valence-electron chi connectivity index (χ0n) is 11.7. The van der Waals surface area contributed by atoms with Crippen molar-refractivity contribution in [3.8, 4) is 11.4 Å². The standard InChI is InChI=1S/C16H14ClN3O/c1-20(2)16(21)11-5-8-13-14(9-11)19-15(18-13)10-3-6-12(17)7-4-10/h3-9H,1-2H3,(H,18,19). The smallest absolute Gasteiger partial charge is 0.253 e. The van der Waals surface area contributed by atoms with Crippen LogP contribution < -0.4 is 0 Å². The molecule has 5 heteroatoms. The van der Waals surface area contributed by atoms with E-state index in [2.05, 4.69) is 9.97 Å². The molecule has 21 heavy (non-hydrogen) atoms. The van der Waals surface area contributed by atoms with Crippen LogP contribution in [0.4, 0.5) is 0 Å². The summed E-state index contributed by atoms with van der Waals surface area (Å²) in [5, 5.41) is 0.689. The Balaban J connectivity index is 2.04. The van der Waals surface area contributed by atoms with Crippen molar-refractivity contribution in [2.75, 3.05) is 14.1 Å². The molecule has 0 saturated heterocycles. The third kappa shape index (κ3) is 2.62. The number of rotatable bonds is 2. The number of carbonyl (C=O) groups is 1. The fraction of sp³-hybridized carbons (Fsp3) is 0.125. The monoisotopic (exact) mass is 299 g/mol. The molecule has 1 amide bonds. The summed E-state index contributed by atoms with van der Waals surface area (Å²) >= 11 is 5.89. The first-order valence-corrected chi connectivity index (χ1v) is 6.90. The molecule has 0 aliphatic heterocycles. The summed E-state index contributed by atoms with van der Waals surface area (Å²) in [5.74, 6) is 0.732. The van der Waals surface area contributed by atoms with Crippen LogP contribution in [-0.2, 0) is 0 Å². The van der Waals surface area contributed by atoms with Crippen molar-refractivity contribution in [3.05, 3.63) is 53.1 Å². The number of H-pyrrole nitrogens is 1. The molecule has 2 aromatic carbocycles. The van der Waals surface area contributed by atoms with Gasteiger partial charge in [-0.05, 0) is 42.5 Å². The second kappa shape index (κ2) is 5.22. The Hall–Kier alpha value is -2.33. The molecule has 0 unspecified atom stereocenters. The van der Waals surface area contributed by atoms with E-state index in [0.717, 1.165) is 22.4 Å². The maximum Gasteiger partial charge on any atom is 0.253 e. The van der Waals surface area contributed by atoms with Crippen LogP contribution >= 0.6 is 11.6 Å². The molecule has 1 N–H and O–H groups in total. The highest BCUT2D eigenvalue weighted by Crippen LogP contribution is 2.23. The lowest BCUT2D eigenvalue weighted by Crippen LogP contribution is -2.21. The van der Waals surface area contributed by atoms with Gasteiger partial charge in [0, 0.05) is 30.2 Å². The summed E-state index contributed by atoms with van der Waals surface area (Å²) in [6.07, 6.45) is 0. The highest BCUT2D eigenvalue weighted by molar-refractivity contribution is 6.30. The van der Waals surface area contributed by atoms with Crippen molar-refractivity contribution in [3.63, 3.8) is 0 Å². The number of imidazole rings is 1. The van der Waals surface area contributed by atoms with Crippen LogP contribution in [0.3, 0.4) is 0 Å². The molecule has 1 aromatic heterocycles. The Labute approximate surface area is 127 Å². The summed E-state index contributed by atoms with van der Waals surface area (Å²) in [6.45, 7) is 0. The van der Waals surface area contributed by atoms with Crippen LogP contribution in [0, 0.1) is 0 Å². The number of nitrogens with zero attached hydrogens (tertiary/aromatic N) is 2. The van der Waals surface area contributed by atoms with Crippen molar-refractivity contribution in [2.45, 2.75) is 0 Å². The van der Waals surface area contributed by atoms with Gasteiger partial charge >= 0.3 is 0 Å². The van der Waals surface area contributed by atoms with Gasteiger partial charge in [-0.2, -0.15) is 0 Å². The molecule has 0 aliphatic rings. The predicted octanol–water partition coefficient (Wildman–Crippen LogP) is 3.59. The molecule has 3 rings (SSSR count). The Kier molecular flexibility index (Phi) is 3.39. The van der Waals surface area contributed by atoms with Crippen LogP contribution in [0.2, 0.25) is 5.02 Å². The molecule has 1 heterocycles. The second-order valence-electron chi connectivity index (χ2n) is 5.02. The minimum atomic E-state index is -0.0282. The van der Waals surface area contributed by atoms with Crippen LogP contribution in [0.5, 0.6) is 0 Å². The number of hydrogen-bond donors (Lipinski definition) is 1. The topological polar surface area (TPSA) is 49.0 Å². The zero-order valence-corrected chi connectivity index (χ0v) is 12.5. The Morgan fingerprint density at radius 1 is 1.14 bits per heavy atom. The lowest BCUT2D eigenvalue weighted by Gasteiger charge is -2.09. The van der Waals surface area contributed by atoms with Crippen molar-refractivity contribution in [1.29, 1.82) is 0 Å². The highest BCUT2D eigenvalue weighted by atomic mass is 35.5. The summed E-state index contributed by atoms with van der Waals surface area (Å²) < 4.78 is 0. The molecular formula is C16H14ClN3O. The second-order valence-corrected chi connectivity index (χ2v) is 5.46. The molecule has 0 bridgehead atoms. The fourth-order valence-electron chi connectivity index (χ4n) is 2.15. The van der Waals surface area contributed by atoms with Crippen molar-refractivity contribution in [2.24, 2.45) is 0 Å². The molecule has 0 radical (unpaired) electrons. The van der Waals surface area contributed by atoms with Crippen molar-refractivity contribution >= 4 is 28.5 Å². The van der Waals surface area contributed by atoms with Gasteiger partial charge in [0.2, 0.25) is 0 Å².